The zero-order valence-electron chi connectivity index (χ0n) is 8.70. The van der Waals surface area contributed by atoms with E-state index in [1.165, 1.54) is 13.2 Å². The lowest BCUT2D eigenvalue weighted by atomic mass is 9.87. The van der Waals surface area contributed by atoms with Crippen molar-refractivity contribution in [3.8, 4) is 0 Å². The fourth-order valence-corrected chi connectivity index (χ4v) is 0.715. The summed E-state index contributed by atoms with van der Waals surface area (Å²) in [5, 5.41) is 9.57. The van der Waals surface area contributed by atoms with Crippen LogP contribution in [0.2, 0.25) is 0 Å². The normalized spacial score (nSPS) is 14.5. The minimum atomic E-state index is -0.437. The predicted octanol–water partition coefficient (Wildman–Crippen LogP) is 1.51. The first-order valence-corrected chi connectivity index (χ1v) is 4.30. The smallest absolute Gasteiger partial charge is 0.330 e. The Bertz CT molecular complexity index is 189. The molecule has 0 spiro atoms. The molecule has 0 radical (unpaired) electrons. The molecule has 0 aliphatic heterocycles. The highest BCUT2D eigenvalue weighted by atomic mass is 16.5. The van der Waals surface area contributed by atoms with Gasteiger partial charge in [-0.2, -0.15) is 0 Å². The Morgan fingerprint density at radius 3 is 2.46 bits per heavy atom. The van der Waals surface area contributed by atoms with Crippen molar-refractivity contribution in [3.05, 3.63) is 12.2 Å². The lowest BCUT2D eigenvalue weighted by Crippen LogP contribution is -2.25. The van der Waals surface area contributed by atoms with Crippen molar-refractivity contribution in [1.82, 2.24) is 0 Å². The van der Waals surface area contributed by atoms with E-state index in [0.29, 0.717) is 6.42 Å². The molecule has 0 aliphatic rings. The topological polar surface area (TPSA) is 46.5 Å². The molecule has 0 aromatic rings. The number of aliphatic hydroxyl groups is 1. The van der Waals surface area contributed by atoms with Crippen molar-refractivity contribution in [2.45, 2.75) is 33.3 Å². The van der Waals surface area contributed by atoms with Crippen molar-refractivity contribution < 1.29 is 14.6 Å². The second kappa shape index (κ2) is 5.02. The molecule has 76 valence electrons. The molecule has 0 aromatic heterocycles. The summed E-state index contributed by atoms with van der Waals surface area (Å²) < 4.78 is 4.41. The quantitative estimate of drug-likeness (QED) is 0.537. The van der Waals surface area contributed by atoms with Gasteiger partial charge in [-0.25, -0.2) is 4.79 Å². The molecule has 0 unspecified atom stereocenters. The Hall–Kier alpha value is -0.830. The van der Waals surface area contributed by atoms with Crippen LogP contribution in [-0.2, 0) is 9.53 Å². The summed E-state index contributed by atoms with van der Waals surface area (Å²) in [5.41, 5.74) is -0.152. The number of carbonyl (C=O) groups is 1. The molecule has 0 heterocycles. The van der Waals surface area contributed by atoms with E-state index in [1.54, 1.807) is 6.08 Å². The zero-order valence-corrected chi connectivity index (χ0v) is 8.70. The molecule has 0 aromatic carbocycles. The van der Waals surface area contributed by atoms with Crippen molar-refractivity contribution >= 4 is 5.97 Å². The van der Waals surface area contributed by atoms with Gasteiger partial charge in [0, 0.05) is 6.08 Å². The number of hydrogen-bond acceptors (Lipinski definition) is 3. The van der Waals surface area contributed by atoms with Crippen LogP contribution in [0.4, 0.5) is 0 Å². The van der Waals surface area contributed by atoms with E-state index in [0.717, 1.165) is 0 Å². The van der Waals surface area contributed by atoms with Crippen LogP contribution in [0.3, 0.4) is 0 Å². The molecule has 0 saturated carbocycles. The van der Waals surface area contributed by atoms with E-state index in [9.17, 15) is 9.90 Å². The number of esters is 1. The van der Waals surface area contributed by atoms with Gasteiger partial charge in [0.1, 0.15) is 0 Å². The SMILES string of the molecule is COC(=O)/C=C/C[C@@H](O)C(C)(C)C. The number of ether oxygens (including phenoxy) is 1. The minimum Gasteiger partial charge on any atom is -0.466 e. The van der Waals surface area contributed by atoms with Gasteiger partial charge in [0.2, 0.25) is 0 Å². The van der Waals surface area contributed by atoms with E-state index in [4.69, 9.17) is 0 Å². The van der Waals surface area contributed by atoms with E-state index in [1.807, 2.05) is 20.8 Å². The average Bonchev–Trinajstić information content (AvgIpc) is 2.02. The summed E-state index contributed by atoms with van der Waals surface area (Å²) in [7, 11) is 1.33. The molecular formula is C10H18O3. The Morgan fingerprint density at radius 1 is 1.54 bits per heavy atom. The molecule has 3 heteroatoms. The van der Waals surface area contributed by atoms with Crippen LogP contribution in [0, 0.1) is 5.41 Å². The van der Waals surface area contributed by atoms with Gasteiger partial charge in [0.25, 0.3) is 0 Å². The van der Waals surface area contributed by atoms with Crippen molar-refractivity contribution in [1.29, 1.82) is 0 Å². The van der Waals surface area contributed by atoms with Gasteiger partial charge in [-0.15, -0.1) is 0 Å². The number of carbonyl (C=O) groups excluding carboxylic acids is 1. The highest BCUT2D eigenvalue weighted by molar-refractivity contribution is 5.81. The maximum atomic E-state index is 10.7. The van der Waals surface area contributed by atoms with Crippen LogP contribution in [0.1, 0.15) is 27.2 Å². The molecule has 0 rings (SSSR count). The molecule has 0 fully saturated rings. The van der Waals surface area contributed by atoms with Crippen molar-refractivity contribution in [3.63, 3.8) is 0 Å². The summed E-state index contributed by atoms with van der Waals surface area (Å²) in [5.74, 6) is -0.388. The van der Waals surface area contributed by atoms with Gasteiger partial charge >= 0.3 is 5.97 Å². The van der Waals surface area contributed by atoms with Gasteiger partial charge in [-0.05, 0) is 11.8 Å². The van der Waals surface area contributed by atoms with E-state index >= 15 is 0 Å². The van der Waals surface area contributed by atoms with Gasteiger partial charge in [0.05, 0.1) is 13.2 Å². The molecule has 0 aliphatic carbocycles. The van der Waals surface area contributed by atoms with Crippen LogP contribution in [-0.4, -0.2) is 24.3 Å². The molecule has 13 heavy (non-hydrogen) atoms. The third-order valence-corrected chi connectivity index (χ3v) is 1.81. The standard InChI is InChI=1S/C10H18O3/c1-10(2,3)8(11)6-5-7-9(12)13-4/h5,7-8,11H,6H2,1-4H3/b7-5+/t8-/m1/s1. The van der Waals surface area contributed by atoms with E-state index in [-0.39, 0.29) is 11.4 Å². The van der Waals surface area contributed by atoms with Gasteiger partial charge in [-0.3, -0.25) is 0 Å². The van der Waals surface area contributed by atoms with Crippen LogP contribution >= 0.6 is 0 Å². The van der Waals surface area contributed by atoms with Gasteiger partial charge in [0.15, 0.2) is 0 Å². The van der Waals surface area contributed by atoms with Crippen molar-refractivity contribution in [2.75, 3.05) is 7.11 Å². The maximum absolute atomic E-state index is 10.7. The lowest BCUT2D eigenvalue weighted by molar-refractivity contribution is -0.134. The largest absolute Gasteiger partial charge is 0.466 e. The summed E-state index contributed by atoms with van der Waals surface area (Å²) >= 11 is 0. The first-order chi connectivity index (χ1) is 5.88. The fourth-order valence-electron chi connectivity index (χ4n) is 0.715. The molecular weight excluding hydrogens is 168 g/mol. The third-order valence-electron chi connectivity index (χ3n) is 1.81. The Kier molecular flexibility index (Phi) is 4.70. The lowest BCUT2D eigenvalue weighted by Gasteiger charge is -2.24. The highest BCUT2D eigenvalue weighted by Crippen LogP contribution is 2.21. The number of aliphatic hydroxyl groups excluding tert-OH is 1. The zero-order chi connectivity index (χ0) is 10.5. The second-order valence-electron chi connectivity index (χ2n) is 4.04. The average molecular weight is 186 g/mol. The summed E-state index contributed by atoms with van der Waals surface area (Å²) in [4.78, 5) is 10.7. The fraction of sp³-hybridized carbons (Fsp3) is 0.700. The summed E-state index contributed by atoms with van der Waals surface area (Å²) in [6, 6.07) is 0. The first kappa shape index (κ1) is 12.2. The van der Waals surface area contributed by atoms with Gasteiger partial charge < -0.3 is 9.84 Å². The molecule has 0 saturated heterocycles. The van der Waals surface area contributed by atoms with Crippen LogP contribution < -0.4 is 0 Å². The molecule has 0 amide bonds. The van der Waals surface area contributed by atoms with Crippen molar-refractivity contribution in [2.24, 2.45) is 5.41 Å². The Balaban J connectivity index is 3.89. The Morgan fingerprint density at radius 2 is 2.08 bits per heavy atom. The number of hydrogen-bond donors (Lipinski definition) is 1. The summed E-state index contributed by atoms with van der Waals surface area (Å²) in [6.45, 7) is 5.84. The molecule has 1 N–H and O–H groups in total. The first-order valence-electron chi connectivity index (χ1n) is 4.30. The van der Waals surface area contributed by atoms with E-state index < -0.39 is 6.10 Å². The maximum Gasteiger partial charge on any atom is 0.330 e. The van der Waals surface area contributed by atoms with E-state index in [2.05, 4.69) is 4.74 Å². The predicted molar refractivity (Wildman–Crippen MR) is 51.2 cm³/mol. The van der Waals surface area contributed by atoms with Crippen LogP contribution in [0.15, 0.2) is 12.2 Å². The minimum absolute atomic E-state index is 0.152. The number of rotatable bonds is 3. The highest BCUT2D eigenvalue weighted by Gasteiger charge is 2.20. The molecule has 1 atom stereocenters. The molecule has 3 nitrogen and oxygen atoms in total. The Labute approximate surface area is 79.4 Å². The second-order valence-corrected chi connectivity index (χ2v) is 4.04. The molecule has 0 bridgehead atoms. The number of methoxy groups -OCH3 is 1. The van der Waals surface area contributed by atoms with Gasteiger partial charge in [-0.1, -0.05) is 26.8 Å². The summed E-state index contributed by atoms with van der Waals surface area (Å²) in [6.07, 6.45) is 2.99. The third kappa shape index (κ3) is 5.42. The van der Waals surface area contributed by atoms with Crippen LogP contribution in [0.5, 0.6) is 0 Å². The van der Waals surface area contributed by atoms with Crippen LogP contribution in [0.25, 0.3) is 0 Å². The monoisotopic (exact) mass is 186 g/mol.